The maximum atomic E-state index is 12.2. The lowest BCUT2D eigenvalue weighted by atomic mass is 9.32. The van der Waals surface area contributed by atoms with Gasteiger partial charge < -0.3 is 64.2 Å². The lowest BCUT2D eigenvalue weighted by Crippen LogP contribution is -2.72. The largest absolute Gasteiger partial charge is 0.454 e. The fraction of sp³-hybridized carbons (Fsp3) is 0.932. The van der Waals surface area contributed by atoms with Gasteiger partial charge in [-0.2, -0.15) is 0 Å². The lowest BCUT2D eigenvalue weighted by molar-refractivity contribution is -0.368. The number of allylic oxidation sites excluding steroid dienone is 1. The number of hydrogen-bond acceptors (Lipinski definition) is 14. The number of esters is 1. The molecular weight excluding hydrogens is 752 g/mol. The monoisotopic (exact) mass is 822 g/mol. The van der Waals surface area contributed by atoms with Crippen LogP contribution in [-0.4, -0.2) is 141 Å². The number of ether oxygens (including phenoxy) is 6. The predicted molar refractivity (Wildman–Crippen MR) is 206 cm³/mol. The molecule has 0 aromatic heterocycles. The van der Waals surface area contributed by atoms with Gasteiger partial charge in [0.15, 0.2) is 18.7 Å². The summed E-state index contributed by atoms with van der Waals surface area (Å²) in [5.74, 6) is -0.382. The fourth-order valence-electron chi connectivity index (χ4n) is 14.6. The summed E-state index contributed by atoms with van der Waals surface area (Å²) >= 11 is 0. The number of carbonyl (C=O) groups excluding carboxylic acids is 1. The van der Waals surface area contributed by atoms with Gasteiger partial charge >= 0.3 is 5.97 Å². The van der Waals surface area contributed by atoms with Crippen LogP contribution < -0.4 is 0 Å². The predicted octanol–water partition coefficient (Wildman–Crippen LogP) is 2.35. The van der Waals surface area contributed by atoms with Crippen molar-refractivity contribution in [3.8, 4) is 0 Å². The van der Waals surface area contributed by atoms with E-state index in [9.17, 15) is 40.5 Å². The lowest BCUT2D eigenvalue weighted by Gasteiger charge is -2.73. The molecule has 58 heavy (non-hydrogen) atoms. The van der Waals surface area contributed by atoms with Gasteiger partial charge in [0.25, 0.3) is 0 Å². The summed E-state index contributed by atoms with van der Waals surface area (Å²) in [6.07, 6.45) is -3.57. The van der Waals surface area contributed by atoms with Crippen LogP contribution >= 0.6 is 0 Å². The molecule has 330 valence electrons. The topological polar surface area (TPSA) is 214 Å². The number of aliphatic hydroxyl groups excluding tert-OH is 7. The Morgan fingerprint density at radius 2 is 1.52 bits per heavy atom. The zero-order valence-corrected chi connectivity index (χ0v) is 35.6. The molecule has 8 rings (SSSR count). The summed E-state index contributed by atoms with van der Waals surface area (Å²) in [6.45, 7) is 16.4. The first-order chi connectivity index (χ1) is 27.1. The summed E-state index contributed by atoms with van der Waals surface area (Å²) in [5.41, 5.74) is -2.00. The highest BCUT2D eigenvalue weighted by Gasteiger charge is 2.79. The van der Waals surface area contributed by atoms with E-state index in [1.807, 2.05) is 0 Å². The van der Waals surface area contributed by atoms with Crippen LogP contribution in [0.15, 0.2) is 12.2 Å². The standard InChI is InChI=1S/C44H70O14/c1-22-30(49)34(58-37-35(55-23(2)47)32(51)31(50)24(19-45)56-37)33(52)36(54-22)57-29-11-12-39(5)25(40(29,6)20-46)9-13-41(7)26(39)10-14-44-27-17-38(3,4)15-16-43(27,21-53-44)28(48)18-42(41,44)8/h10,14,22,24-37,45-46,48-52H,9,11-13,15-21H2,1-8H3/t22-,24-,25-,26-,27-,28-,29-,30+,31-,32+,33-,34+,35-,36+,37+,39+,40-,41-,42+,43-,44+/m1/s1. The van der Waals surface area contributed by atoms with Crippen LogP contribution in [0.4, 0.5) is 0 Å². The second-order valence-electron chi connectivity index (χ2n) is 21.5. The second-order valence-corrected chi connectivity index (χ2v) is 21.5. The molecule has 14 nitrogen and oxygen atoms in total. The molecule has 0 amide bonds. The number of aliphatic hydroxyl groups is 7. The summed E-state index contributed by atoms with van der Waals surface area (Å²) in [7, 11) is 0. The van der Waals surface area contributed by atoms with Crippen LogP contribution in [0.25, 0.3) is 0 Å². The van der Waals surface area contributed by atoms with Crippen molar-refractivity contribution in [2.24, 2.45) is 50.2 Å². The Bertz CT molecular complexity index is 1610. The van der Waals surface area contributed by atoms with Crippen molar-refractivity contribution in [2.45, 2.75) is 186 Å². The van der Waals surface area contributed by atoms with E-state index in [2.05, 4.69) is 53.7 Å². The molecule has 3 saturated heterocycles. The number of carbonyl (C=O) groups is 1. The molecule has 2 bridgehead atoms. The van der Waals surface area contributed by atoms with Gasteiger partial charge in [0, 0.05) is 29.1 Å². The maximum Gasteiger partial charge on any atom is 0.303 e. The molecule has 8 aliphatic rings. The first-order valence-electron chi connectivity index (χ1n) is 21.8. The van der Waals surface area contributed by atoms with Gasteiger partial charge in [-0.1, -0.05) is 53.7 Å². The van der Waals surface area contributed by atoms with Crippen LogP contribution in [0.2, 0.25) is 0 Å². The maximum absolute atomic E-state index is 12.2. The van der Waals surface area contributed by atoms with Crippen molar-refractivity contribution in [3.05, 3.63) is 12.2 Å². The quantitative estimate of drug-likeness (QED) is 0.112. The number of fused-ring (bicyclic) bond motifs is 4. The summed E-state index contributed by atoms with van der Waals surface area (Å²) < 4.78 is 36.9. The highest BCUT2D eigenvalue weighted by Crippen LogP contribution is 2.79. The minimum Gasteiger partial charge on any atom is -0.454 e. The molecule has 0 radical (unpaired) electrons. The molecule has 4 saturated carbocycles. The molecule has 0 unspecified atom stereocenters. The van der Waals surface area contributed by atoms with E-state index in [-0.39, 0.29) is 51.4 Å². The smallest absolute Gasteiger partial charge is 0.303 e. The summed E-state index contributed by atoms with van der Waals surface area (Å²) in [4.78, 5) is 12.0. The average Bonchev–Trinajstić information content (AvgIpc) is 3.44. The minimum atomic E-state index is -1.69. The fourth-order valence-corrected chi connectivity index (χ4v) is 14.6. The van der Waals surface area contributed by atoms with Gasteiger partial charge in [-0.3, -0.25) is 4.79 Å². The number of hydrogen-bond donors (Lipinski definition) is 7. The molecule has 0 aromatic carbocycles. The van der Waals surface area contributed by atoms with Crippen LogP contribution in [0, 0.1) is 50.2 Å². The third kappa shape index (κ3) is 5.89. The Kier molecular flexibility index (Phi) is 10.8. The van der Waals surface area contributed by atoms with Crippen molar-refractivity contribution in [3.63, 3.8) is 0 Å². The van der Waals surface area contributed by atoms with Gasteiger partial charge in [-0.05, 0) is 86.4 Å². The van der Waals surface area contributed by atoms with E-state index >= 15 is 0 Å². The zero-order chi connectivity index (χ0) is 42.2. The molecule has 14 heteroatoms. The van der Waals surface area contributed by atoms with Gasteiger partial charge in [0.2, 0.25) is 0 Å². The van der Waals surface area contributed by atoms with E-state index in [1.165, 1.54) is 0 Å². The van der Waals surface area contributed by atoms with Crippen molar-refractivity contribution in [1.82, 2.24) is 0 Å². The van der Waals surface area contributed by atoms with Crippen LogP contribution in [0.3, 0.4) is 0 Å². The van der Waals surface area contributed by atoms with E-state index in [0.717, 1.165) is 45.4 Å². The second kappa shape index (κ2) is 14.4. The van der Waals surface area contributed by atoms with Gasteiger partial charge in [-0.25, -0.2) is 0 Å². The van der Waals surface area contributed by atoms with Crippen LogP contribution in [0.1, 0.15) is 107 Å². The Balaban J connectivity index is 1.05. The SMILES string of the molecule is CC(=O)O[C@H]1[C@H](O[C@H]2[C@@H](O)[C@@H](C)O[C@@H](O[C@@H]3CC[C@@]4(C)[C@@H](CC[C@]5(C)[C@@H]4C=C[C@]46OC[C@@]7(CCC(C)(C)C[C@H]74)[C@H](O)C[C@]65C)[C@@]3(C)CO)[C@@H]2O)O[C@H](CO)[C@@H](O)[C@@H]1O. The van der Waals surface area contributed by atoms with Crippen molar-refractivity contribution >= 4 is 5.97 Å². The van der Waals surface area contributed by atoms with Crippen LogP contribution in [0.5, 0.6) is 0 Å². The molecular formula is C44H70O14. The van der Waals surface area contributed by atoms with Gasteiger partial charge in [0.05, 0.1) is 43.7 Å². The van der Waals surface area contributed by atoms with Crippen molar-refractivity contribution < 1.29 is 69.0 Å². The highest BCUT2D eigenvalue weighted by atomic mass is 16.7. The van der Waals surface area contributed by atoms with E-state index in [0.29, 0.717) is 19.4 Å². The minimum absolute atomic E-state index is 0.0223. The molecule has 1 spiro atoms. The Labute approximate surface area is 342 Å². The molecule has 7 N–H and O–H groups in total. The van der Waals surface area contributed by atoms with E-state index in [4.69, 9.17) is 28.4 Å². The normalized spacial score (nSPS) is 57.1. The zero-order valence-electron chi connectivity index (χ0n) is 35.6. The third-order valence-corrected chi connectivity index (χ3v) is 18.2. The molecule has 21 atom stereocenters. The van der Waals surface area contributed by atoms with Crippen LogP contribution in [-0.2, 0) is 33.2 Å². The first kappa shape index (κ1) is 43.4. The van der Waals surface area contributed by atoms with E-state index in [1.54, 1.807) is 6.92 Å². The van der Waals surface area contributed by atoms with Crippen molar-refractivity contribution in [1.29, 1.82) is 0 Å². The Morgan fingerprint density at radius 3 is 2.19 bits per heavy atom. The highest BCUT2D eigenvalue weighted by molar-refractivity contribution is 5.66. The molecule has 3 aliphatic heterocycles. The van der Waals surface area contributed by atoms with Gasteiger partial charge in [-0.15, -0.1) is 0 Å². The first-order valence-corrected chi connectivity index (χ1v) is 21.8. The van der Waals surface area contributed by atoms with E-state index < -0.39 is 97.2 Å². The third-order valence-electron chi connectivity index (χ3n) is 18.2. The number of rotatable bonds is 7. The molecule has 5 aliphatic carbocycles. The Hall–Kier alpha value is -1.27. The molecule has 3 heterocycles. The van der Waals surface area contributed by atoms with Crippen molar-refractivity contribution in [2.75, 3.05) is 19.8 Å². The molecule has 0 aromatic rings. The molecule has 7 fully saturated rings. The average molecular weight is 823 g/mol. The summed E-state index contributed by atoms with van der Waals surface area (Å²) in [5, 5.41) is 77.6. The van der Waals surface area contributed by atoms with Gasteiger partial charge in [0.1, 0.15) is 36.6 Å². The summed E-state index contributed by atoms with van der Waals surface area (Å²) in [6, 6.07) is 0. The Morgan fingerprint density at radius 1 is 0.793 bits per heavy atom.